The minimum atomic E-state index is -0.442. The molecule has 1 saturated heterocycles. The number of halogens is 1. The van der Waals surface area contributed by atoms with E-state index in [0.717, 1.165) is 24.0 Å². The first-order valence-electron chi connectivity index (χ1n) is 9.14. The van der Waals surface area contributed by atoms with Crippen LogP contribution in [0.3, 0.4) is 0 Å². The van der Waals surface area contributed by atoms with E-state index in [0.29, 0.717) is 19.6 Å². The molecule has 1 amide bonds. The van der Waals surface area contributed by atoms with Crippen molar-refractivity contribution >= 4 is 5.91 Å². The smallest absolute Gasteiger partial charge is 0.252 e. The van der Waals surface area contributed by atoms with E-state index in [9.17, 15) is 9.18 Å². The summed E-state index contributed by atoms with van der Waals surface area (Å²) in [6.45, 7) is 1.05. The third kappa shape index (κ3) is 3.24. The van der Waals surface area contributed by atoms with Gasteiger partial charge in [0.2, 0.25) is 0 Å². The molecule has 0 spiro atoms. The maximum Gasteiger partial charge on any atom is 0.252 e. The molecule has 136 valence electrons. The lowest BCUT2D eigenvalue weighted by molar-refractivity contribution is -0.149. The van der Waals surface area contributed by atoms with Crippen molar-refractivity contribution in [3.8, 4) is 0 Å². The summed E-state index contributed by atoms with van der Waals surface area (Å²) in [5, 5.41) is 0. The van der Waals surface area contributed by atoms with Crippen LogP contribution in [0.4, 0.5) is 4.39 Å². The summed E-state index contributed by atoms with van der Waals surface area (Å²) in [7, 11) is 0. The summed E-state index contributed by atoms with van der Waals surface area (Å²) in [5.74, 6) is -0.277. The molecule has 3 atom stereocenters. The number of ether oxygens (including phenoxy) is 1. The predicted octanol–water partition coefficient (Wildman–Crippen LogP) is 2.81. The van der Waals surface area contributed by atoms with Crippen LogP contribution in [0, 0.1) is 5.82 Å². The summed E-state index contributed by atoms with van der Waals surface area (Å²) < 4.78 is 19.1. The Morgan fingerprint density at radius 3 is 2.62 bits per heavy atom. The van der Waals surface area contributed by atoms with Crippen molar-refractivity contribution in [3.63, 3.8) is 0 Å². The number of carbonyl (C=O) groups excluding carboxylic acids is 1. The molecule has 0 radical (unpaired) electrons. The molecule has 2 aliphatic rings. The van der Waals surface area contributed by atoms with Crippen LogP contribution in [0.2, 0.25) is 0 Å². The summed E-state index contributed by atoms with van der Waals surface area (Å²) in [4.78, 5) is 15.1. The first kappa shape index (κ1) is 17.2. The van der Waals surface area contributed by atoms with Crippen molar-refractivity contribution in [3.05, 3.63) is 71.0 Å². The number of rotatable bonds is 2. The maximum absolute atomic E-state index is 13.4. The van der Waals surface area contributed by atoms with Gasteiger partial charge in [-0.1, -0.05) is 36.4 Å². The highest BCUT2D eigenvalue weighted by molar-refractivity contribution is 5.82. The van der Waals surface area contributed by atoms with Crippen LogP contribution in [0.5, 0.6) is 0 Å². The van der Waals surface area contributed by atoms with Gasteiger partial charge in [-0.25, -0.2) is 4.39 Å². The Bertz CT molecular complexity index is 785. The fraction of sp³-hybridized carbons (Fsp3) is 0.381. The highest BCUT2D eigenvalue weighted by Gasteiger charge is 2.36. The van der Waals surface area contributed by atoms with E-state index < -0.39 is 6.10 Å². The van der Waals surface area contributed by atoms with Gasteiger partial charge in [-0.2, -0.15) is 0 Å². The zero-order valence-corrected chi connectivity index (χ0v) is 14.6. The van der Waals surface area contributed by atoms with E-state index in [1.165, 1.54) is 17.7 Å². The molecule has 0 saturated carbocycles. The summed E-state index contributed by atoms with van der Waals surface area (Å²) in [6.07, 6.45) is 1.81. The molecule has 2 aliphatic heterocycles. The average molecular weight is 354 g/mol. The number of carbonyl (C=O) groups is 1. The molecule has 26 heavy (non-hydrogen) atoms. The van der Waals surface area contributed by atoms with E-state index in [1.807, 2.05) is 17.0 Å². The van der Waals surface area contributed by atoms with Gasteiger partial charge in [0.05, 0.1) is 12.6 Å². The fourth-order valence-corrected chi connectivity index (χ4v) is 3.96. The lowest BCUT2D eigenvalue weighted by Gasteiger charge is -2.40. The predicted molar refractivity (Wildman–Crippen MR) is 97.1 cm³/mol. The molecule has 2 N–H and O–H groups in total. The Hall–Kier alpha value is -2.24. The van der Waals surface area contributed by atoms with Crippen LogP contribution < -0.4 is 5.73 Å². The number of fused-ring (bicyclic) bond motifs is 1. The summed E-state index contributed by atoms with van der Waals surface area (Å²) >= 11 is 0. The minimum absolute atomic E-state index is 0.000674. The summed E-state index contributed by atoms with van der Waals surface area (Å²) in [6, 6.07) is 14.4. The molecular formula is C21H23FN2O2. The van der Waals surface area contributed by atoms with Crippen molar-refractivity contribution in [1.82, 2.24) is 4.90 Å². The monoisotopic (exact) mass is 354 g/mol. The molecule has 1 fully saturated rings. The first-order valence-corrected chi connectivity index (χ1v) is 9.14. The minimum Gasteiger partial charge on any atom is -0.367 e. The van der Waals surface area contributed by atoms with Gasteiger partial charge in [0.1, 0.15) is 11.9 Å². The Balaban J connectivity index is 1.68. The number of nitrogens with two attached hydrogens (primary N) is 1. The molecule has 4 nitrogen and oxygen atoms in total. The van der Waals surface area contributed by atoms with Crippen LogP contribution in [0.15, 0.2) is 48.5 Å². The third-order valence-corrected chi connectivity index (χ3v) is 5.34. The van der Waals surface area contributed by atoms with Crippen LogP contribution >= 0.6 is 0 Å². The van der Waals surface area contributed by atoms with Gasteiger partial charge in [0.25, 0.3) is 5.91 Å². The van der Waals surface area contributed by atoms with Gasteiger partial charge in [0.15, 0.2) is 0 Å². The number of amides is 1. The summed E-state index contributed by atoms with van der Waals surface area (Å²) in [5.41, 5.74) is 9.14. The molecule has 0 aliphatic carbocycles. The first-order chi connectivity index (χ1) is 12.6. The molecule has 2 aromatic carbocycles. The van der Waals surface area contributed by atoms with Gasteiger partial charge in [0, 0.05) is 12.6 Å². The highest BCUT2D eigenvalue weighted by Crippen LogP contribution is 2.36. The van der Waals surface area contributed by atoms with Crippen molar-refractivity contribution in [2.75, 3.05) is 13.2 Å². The second-order valence-electron chi connectivity index (χ2n) is 7.09. The Morgan fingerprint density at radius 1 is 1.12 bits per heavy atom. The maximum atomic E-state index is 13.4. The molecule has 0 bridgehead atoms. The second kappa shape index (κ2) is 7.17. The lowest BCUT2D eigenvalue weighted by Crippen LogP contribution is -2.49. The van der Waals surface area contributed by atoms with Gasteiger partial charge in [-0.05, 0) is 48.1 Å². The standard InChI is InChI=1S/C21H23FN2O2/c22-16-7-5-15(6-8-16)20-18-4-2-1-3-14(18)11-12-24(20)21(25)19-10-9-17(23)13-26-19/h1-8,17,19-20H,9-13,23H2/t17-,19+,20+/m1/s1. The molecule has 0 unspecified atom stereocenters. The van der Waals surface area contributed by atoms with E-state index >= 15 is 0 Å². The van der Waals surface area contributed by atoms with Crippen LogP contribution in [-0.2, 0) is 16.0 Å². The van der Waals surface area contributed by atoms with Crippen molar-refractivity contribution in [2.24, 2.45) is 5.73 Å². The topological polar surface area (TPSA) is 55.6 Å². The lowest BCUT2D eigenvalue weighted by atomic mass is 9.87. The van der Waals surface area contributed by atoms with Crippen molar-refractivity contribution in [1.29, 1.82) is 0 Å². The quantitative estimate of drug-likeness (QED) is 0.902. The van der Waals surface area contributed by atoms with Gasteiger partial charge in [-0.15, -0.1) is 0 Å². The van der Waals surface area contributed by atoms with E-state index in [1.54, 1.807) is 12.1 Å². The van der Waals surface area contributed by atoms with Gasteiger partial charge < -0.3 is 15.4 Å². The van der Waals surface area contributed by atoms with Gasteiger partial charge in [-0.3, -0.25) is 4.79 Å². The van der Waals surface area contributed by atoms with E-state index in [4.69, 9.17) is 10.5 Å². The Kier molecular flexibility index (Phi) is 4.74. The highest BCUT2D eigenvalue weighted by atomic mass is 19.1. The van der Waals surface area contributed by atoms with E-state index in [2.05, 4.69) is 12.1 Å². The molecule has 5 heteroatoms. The number of hydrogen-bond donors (Lipinski definition) is 1. The Morgan fingerprint density at radius 2 is 1.88 bits per heavy atom. The third-order valence-electron chi connectivity index (χ3n) is 5.34. The Labute approximate surface area is 152 Å². The zero-order valence-electron chi connectivity index (χ0n) is 14.6. The fourth-order valence-electron chi connectivity index (χ4n) is 3.96. The molecule has 2 aromatic rings. The molecule has 4 rings (SSSR count). The second-order valence-corrected chi connectivity index (χ2v) is 7.09. The van der Waals surface area contributed by atoms with E-state index in [-0.39, 0.29) is 23.8 Å². The largest absolute Gasteiger partial charge is 0.367 e. The van der Waals surface area contributed by atoms with Crippen LogP contribution in [0.25, 0.3) is 0 Å². The normalized spacial score (nSPS) is 25.6. The molecule has 0 aromatic heterocycles. The van der Waals surface area contributed by atoms with Gasteiger partial charge >= 0.3 is 0 Å². The molecular weight excluding hydrogens is 331 g/mol. The van der Waals surface area contributed by atoms with Crippen LogP contribution in [0.1, 0.15) is 35.6 Å². The number of benzene rings is 2. The SMILES string of the molecule is N[C@@H]1CC[C@@H](C(=O)N2CCc3ccccc3[C@@H]2c2ccc(F)cc2)OC1. The van der Waals surface area contributed by atoms with Crippen LogP contribution in [-0.4, -0.2) is 36.1 Å². The number of hydrogen-bond acceptors (Lipinski definition) is 3. The van der Waals surface area contributed by atoms with Crippen molar-refractivity contribution in [2.45, 2.75) is 37.5 Å². The number of nitrogens with zero attached hydrogens (tertiary/aromatic N) is 1. The van der Waals surface area contributed by atoms with Crippen molar-refractivity contribution < 1.29 is 13.9 Å². The zero-order chi connectivity index (χ0) is 18.1. The average Bonchev–Trinajstić information content (AvgIpc) is 2.68. The molecule has 2 heterocycles.